The Kier molecular flexibility index (Phi) is 4.53. The summed E-state index contributed by atoms with van der Waals surface area (Å²) in [7, 11) is 0. The summed E-state index contributed by atoms with van der Waals surface area (Å²) in [4.78, 5) is 30.3. The molecule has 0 saturated heterocycles. The van der Waals surface area contributed by atoms with E-state index in [1.807, 2.05) is 6.07 Å². The summed E-state index contributed by atoms with van der Waals surface area (Å²) in [6.45, 7) is 0.431. The highest BCUT2D eigenvalue weighted by atomic mass is 32.1. The lowest BCUT2D eigenvalue weighted by atomic mass is 10.3. The molecule has 0 saturated carbocycles. The van der Waals surface area contributed by atoms with Gasteiger partial charge in [0, 0.05) is 23.2 Å². The van der Waals surface area contributed by atoms with Gasteiger partial charge < -0.3 is 9.30 Å². The molecule has 1 aromatic carbocycles. The van der Waals surface area contributed by atoms with Crippen molar-refractivity contribution in [3.05, 3.63) is 75.6 Å². The molecule has 8 nitrogen and oxygen atoms in total. The first-order valence-electron chi connectivity index (χ1n) is 7.99. The lowest BCUT2D eigenvalue weighted by Crippen LogP contribution is -2.00. The summed E-state index contributed by atoms with van der Waals surface area (Å²) >= 11 is 1.39. The van der Waals surface area contributed by atoms with Crippen molar-refractivity contribution < 1.29 is 18.8 Å². The number of imidazole rings is 1. The minimum atomic E-state index is -0.829. The number of hydrogen-bond donors (Lipinski definition) is 0. The molecule has 0 radical (unpaired) electrons. The second-order valence-corrected chi connectivity index (χ2v) is 6.91. The fourth-order valence-corrected chi connectivity index (χ4v) is 3.72. The summed E-state index contributed by atoms with van der Waals surface area (Å²) in [6.07, 6.45) is 5.30. The van der Waals surface area contributed by atoms with Crippen molar-refractivity contribution >= 4 is 33.5 Å². The number of carbonyl (C=O) groups excluding carboxylic acids is 1. The molecule has 28 heavy (non-hydrogen) atoms. The number of ether oxygens (including phenoxy) is 1. The van der Waals surface area contributed by atoms with Crippen LogP contribution in [-0.2, 0) is 6.54 Å². The first-order chi connectivity index (χ1) is 13.5. The van der Waals surface area contributed by atoms with Gasteiger partial charge in [-0.3, -0.25) is 19.9 Å². The SMILES string of the molecule is O=Cc1cncn1Cc1cc2nccc(Oc3ccc([N+](=O)[O-])cc3F)c2s1. The Bertz CT molecular complexity index is 1200. The minimum Gasteiger partial charge on any atom is -0.453 e. The zero-order chi connectivity index (χ0) is 19.7. The van der Waals surface area contributed by atoms with Gasteiger partial charge in [0.2, 0.25) is 0 Å². The van der Waals surface area contributed by atoms with Crippen LogP contribution in [0.4, 0.5) is 10.1 Å². The van der Waals surface area contributed by atoms with Crippen LogP contribution < -0.4 is 4.74 Å². The van der Waals surface area contributed by atoms with Crippen molar-refractivity contribution in [2.75, 3.05) is 0 Å². The van der Waals surface area contributed by atoms with Crippen LogP contribution in [0.3, 0.4) is 0 Å². The molecular formula is C18H11FN4O4S. The monoisotopic (exact) mass is 398 g/mol. The molecule has 10 heteroatoms. The number of fused-ring (bicyclic) bond motifs is 1. The number of nitrogens with zero attached hydrogens (tertiary/aromatic N) is 4. The van der Waals surface area contributed by atoms with Crippen LogP contribution in [0.1, 0.15) is 15.4 Å². The van der Waals surface area contributed by atoms with Gasteiger partial charge in [-0.25, -0.2) is 9.37 Å². The molecule has 0 N–H and O–H groups in total. The first-order valence-corrected chi connectivity index (χ1v) is 8.81. The van der Waals surface area contributed by atoms with Crippen LogP contribution in [0.25, 0.3) is 10.2 Å². The molecule has 140 valence electrons. The van der Waals surface area contributed by atoms with Crippen LogP contribution in [0.5, 0.6) is 11.5 Å². The molecule has 0 unspecified atom stereocenters. The van der Waals surface area contributed by atoms with E-state index in [1.165, 1.54) is 35.9 Å². The van der Waals surface area contributed by atoms with Gasteiger partial charge in [0.15, 0.2) is 17.9 Å². The molecular weight excluding hydrogens is 387 g/mol. The van der Waals surface area contributed by atoms with E-state index in [1.54, 1.807) is 17.0 Å². The van der Waals surface area contributed by atoms with Gasteiger partial charge in [-0.2, -0.15) is 0 Å². The van der Waals surface area contributed by atoms with Crippen molar-refractivity contribution in [2.24, 2.45) is 0 Å². The lowest BCUT2D eigenvalue weighted by molar-refractivity contribution is -0.385. The Morgan fingerprint density at radius 2 is 2.14 bits per heavy atom. The number of carbonyl (C=O) groups is 1. The number of benzene rings is 1. The van der Waals surface area contributed by atoms with Crippen molar-refractivity contribution in [2.45, 2.75) is 6.54 Å². The number of pyridine rings is 1. The molecule has 3 heterocycles. The quantitative estimate of drug-likeness (QED) is 0.274. The first kappa shape index (κ1) is 17.7. The average molecular weight is 398 g/mol. The predicted octanol–water partition coefficient (Wildman–Crippen LogP) is 4.19. The number of thiophene rings is 1. The molecule has 0 fully saturated rings. The molecule has 0 bridgehead atoms. The maximum Gasteiger partial charge on any atom is 0.272 e. The molecule has 0 atom stereocenters. The second-order valence-electron chi connectivity index (χ2n) is 5.77. The molecule has 0 spiro atoms. The van der Waals surface area contributed by atoms with E-state index in [-0.39, 0.29) is 11.4 Å². The summed E-state index contributed by atoms with van der Waals surface area (Å²) < 4.78 is 22.2. The zero-order valence-corrected chi connectivity index (χ0v) is 14.9. The van der Waals surface area contributed by atoms with Gasteiger partial charge in [0.25, 0.3) is 5.69 Å². The van der Waals surface area contributed by atoms with Gasteiger partial charge in [-0.15, -0.1) is 11.3 Å². The van der Waals surface area contributed by atoms with Crippen molar-refractivity contribution in [1.29, 1.82) is 0 Å². The number of nitro groups is 1. The summed E-state index contributed by atoms with van der Waals surface area (Å²) in [5, 5.41) is 10.7. The highest BCUT2D eigenvalue weighted by Gasteiger charge is 2.15. The van der Waals surface area contributed by atoms with Crippen LogP contribution in [0, 0.1) is 15.9 Å². The Morgan fingerprint density at radius 3 is 2.89 bits per heavy atom. The molecule has 4 aromatic rings. The molecule has 0 amide bonds. The Labute approximate surface area is 161 Å². The van der Waals surface area contributed by atoms with Gasteiger partial charge in [0.05, 0.1) is 40.3 Å². The van der Waals surface area contributed by atoms with Crippen molar-refractivity contribution in [3.63, 3.8) is 0 Å². The summed E-state index contributed by atoms with van der Waals surface area (Å²) in [5.74, 6) is -0.564. The Morgan fingerprint density at radius 1 is 1.29 bits per heavy atom. The fourth-order valence-electron chi connectivity index (χ4n) is 2.66. The normalized spacial score (nSPS) is 10.9. The third kappa shape index (κ3) is 3.32. The van der Waals surface area contributed by atoms with E-state index >= 15 is 0 Å². The largest absolute Gasteiger partial charge is 0.453 e. The number of aromatic nitrogens is 3. The molecule has 0 aliphatic carbocycles. The molecule has 0 aliphatic heterocycles. The van der Waals surface area contributed by atoms with Gasteiger partial charge in [-0.05, 0) is 12.1 Å². The third-order valence-electron chi connectivity index (χ3n) is 3.96. The summed E-state index contributed by atoms with van der Waals surface area (Å²) in [6, 6.07) is 6.66. The number of halogens is 1. The average Bonchev–Trinajstić information content (AvgIpc) is 3.30. The van der Waals surface area contributed by atoms with Crippen molar-refractivity contribution in [3.8, 4) is 11.5 Å². The number of aldehydes is 1. The van der Waals surface area contributed by atoms with Gasteiger partial charge in [-0.1, -0.05) is 0 Å². The maximum atomic E-state index is 14.2. The minimum absolute atomic E-state index is 0.120. The van der Waals surface area contributed by atoms with E-state index in [4.69, 9.17) is 4.74 Å². The third-order valence-corrected chi connectivity index (χ3v) is 5.09. The fraction of sp³-hybridized carbons (Fsp3) is 0.0556. The Balaban J connectivity index is 1.66. The number of nitro benzene ring substituents is 1. The van der Waals surface area contributed by atoms with Gasteiger partial charge >= 0.3 is 0 Å². The van der Waals surface area contributed by atoms with Gasteiger partial charge in [0.1, 0.15) is 11.4 Å². The number of rotatable bonds is 6. The number of hydrogen-bond acceptors (Lipinski definition) is 7. The van der Waals surface area contributed by atoms with E-state index in [0.717, 1.165) is 17.2 Å². The van der Waals surface area contributed by atoms with Crippen LogP contribution >= 0.6 is 11.3 Å². The highest BCUT2D eigenvalue weighted by molar-refractivity contribution is 7.19. The van der Waals surface area contributed by atoms with Crippen LogP contribution in [-0.4, -0.2) is 25.7 Å². The number of non-ortho nitro benzene ring substituents is 1. The van der Waals surface area contributed by atoms with E-state index in [9.17, 15) is 19.3 Å². The van der Waals surface area contributed by atoms with Crippen LogP contribution in [0.2, 0.25) is 0 Å². The maximum absolute atomic E-state index is 14.2. The van der Waals surface area contributed by atoms with Crippen LogP contribution in [0.15, 0.2) is 49.1 Å². The van der Waals surface area contributed by atoms with E-state index < -0.39 is 10.7 Å². The smallest absolute Gasteiger partial charge is 0.272 e. The van der Waals surface area contributed by atoms with E-state index in [0.29, 0.717) is 28.2 Å². The standard InChI is InChI=1S/C18H11FN4O4S/c19-14-5-11(23(25)26)1-2-16(14)27-17-3-4-21-15-6-13(28-18(15)17)8-22-10-20-7-12(22)9-24/h1-7,9-10H,8H2. The topological polar surface area (TPSA) is 100 Å². The van der Waals surface area contributed by atoms with Crippen molar-refractivity contribution in [1.82, 2.24) is 14.5 Å². The molecule has 4 rings (SSSR count). The lowest BCUT2D eigenvalue weighted by Gasteiger charge is -2.07. The molecule has 3 aromatic heterocycles. The molecule has 0 aliphatic rings. The Hall–Kier alpha value is -3.66. The highest BCUT2D eigenvalue weighted by Crippen LogP contribution is 2.36. The second kappa shape index (κ2) is 7.16. The zero-order valence-electron chi connectivity index (χ0n) is 14.1. The predicted molar refractivity (Wildman–Crippen MR) is 99.5 cm³/mol. The van der Waals surface area contributed by atoms with E-state index in [2.05, 4.69) is 9.97 Å². The summed E-state index contributed by atoms with van der Waals surface area (Å²) in [5.41, 5.74) is 0.761.